The Morgan fingerprint density at radius 2 is 2.27 bits per heavy atom. The van der Waals surface area contributed by atoms with Crippen LogP contribution in [0.4, 0.5) is 0 Å². The van der Waals surface area contributed by atoms with Crippen LogP contribution in [0.1, 0.15) is 34.6 Å². The second-order valence-electron chi connectivity index (χ2n) is 3.38. The van der Waals surface area contributed by atoms with Gasteiger partial charge in [0.25, 0.3) is 0 Å². The lowest BCUT2D eigenvalue weighted by molar-refractivity contribution is 0.0695. The molecule has 1 aromatic rings. The van der Waals surface area contributed by atoms with Gasteiger partial charge in [0.1, 0.15) is 5.56 Å². The van der Waals surface area contributed by atoms with Crippen LogP contribution >= 0.6 is 0 Å². The summed E-state index contributed by atoms with van der Waals surface area (Å²) < 4.78 is 1.70. The fourth-order valence-corrected chi connectivity index (χ4v) is 1.56. The molecule has 0 aliphatic carbocycles. The number of aromatic carboxylic acids is 1. The molecule has 15 heavy (non-hydrogen) atoms. The Hall–Kier alpha value is -1.76. The minimum Gasteiger partial charge on any atom is -0.478 e. The molecule has 1 heterocycles. The Morgan fingerprint density at radius 1 is 1.60 bits per heavy atom. The van der Waals surface area contributed by atoms with Crippen molar-refractivity contribution in [3.63, 3.8) is 0 Å². The highest BCUT2D eigenvalue weighted by molar-refractivity contribution is 5.90. The van der Waals surface area contributed by atoms with Crippen molar-refractivity contribution in [2.24, 2.45) is 0 Å². The number of carbonyl (C=O) groups is 1. The predicted molar refractivity (Wildman–Crippen MR) is 56.7 cm³/mol. The molecule has 0 atom stereocenters. The van der Waals surface area contributed by atoms with Crippen LogP contribution in [0.3, 0.4) is 0 Å². The zero-order valence-corrected chi connectivity index (χ0v) is 8.95. The molecular formula is C11H14N2O2. The summed E-state index contributed by atoms with van der Waals surface area (Å²) in [5.41, 5.74) is 1.55. The molecule has 0 radical (unpaired) electrons. The summed E-state index contributed by atoms with van der Waals surface area (Å²) in [6.07, 6.45) is 6.64. The number of carboxylic acid groups (broad SMARTS) is 1. The van der Waals surface area contributed by atoms with Crippen molar-refractivity contribution in [1.82, 2.24) is 9.78 Å². The van der Waals surface area contributed by atoms with Gasteiger partial charge in [0.15, 0.2) is 0 Å². The molecule has 0 aliphatic heterocycles. The van der Waals surface area contributed by atoms with Gasteiger partial charge in [0.05, 0.1) is 11.4 Å². The Labute approximate surface area is 88.9 Å². The molecule has 0 aromatic carbocycles. The molecule has 1 aromatic heterocycles. The molecule has 0 saturated carbocycles. The normalized spacial score (nSPS) is 9.93. The van der Waals surface area contributed by atoms with E-state index in [2.05, 4.69) is 11.0 Å². The summed E-state index contributed by atoms with van der Waals surface area (Å²) >= 11 is 0. The second-order valence-corrected chi connectivity index (χ2v) is 3.38. The van der Waals surface area contributed by atoms with E-state index in [0.717, 1.165) is 6.42 Å². The van der Waals surface area contributed by atoms with Crippen LogP contribution < -0.4 is 0 Å². The molecule has 1 rings (SSSR count). The molecule has 0 bridgehead atoms. The Balaban J connectivity index is 2.88. The smallest absolute Gasteiger partial charge is 0.339 e. The van der Waals surface area contributed by atoms with Gasteiger partial charge in [-0.05, 0) is 20.3 Å². The summed E-state index contributed by atoms with van der Waals surface area (Å²) in [6, 6.07) is 0. The number of hydrogen-bond donors (Lipinski definition) is 1. The van der Waals surface area contributed by atoms with Gasteiger partial charge in [-0.2, -0.15) is 5.10 Å². The van der Waals surface area contributed by atoms with E-state index in [1.165, 1.54) is 0 Å². The van der Waals surface area contributed by atoms with Crippen LogP contribution in [-0.4, -0.2) is 20.9 Å². The van der Waals surface area contributed by atoms with Crippen LogP contribution in [0.2, 0.25) is 0 Å². The van der Waals surface area contributed by atoms with Crippen LogP contribution in [0, 0.1) is 26.2 Å². The Kier molecular flexibility index (Phi) is 3.51. The minimum absolute atomic E-state index is 0.302. The quantitative estimate of drug-likeness (QED) is 0.601. The van der Waals surface area contributed by atoms with Gasteiger partial charge in [0.2, 0.25) is 0 Å². The van der Waals surface area contributed by atoms with E-state index in [1.54, 1.807) is 18.5 Å². The van der Waals surface area contributed by atoms with Crippen molar-refractivity contribution in [3.8, 4) is 12.3 Å². The van der Waals surface area contributed by atoms with Gasteiger partial charge >= 0.3 is 5.97 Å². The molecule has 0 spiro atoms. The lowest BCUT2D eigenvalue weighted by atomic mass is 10.2. The summed E-state index contributed by atoms with van der Waals surface area (Å²) in [4.78, 5) is 10.9. The lowest BCUT2D eigenvalue weighted by Crippen LogP contribution is -2.04. The number of terminal acetylenes is 1. The molecule has 0 saturated heterocycles. The maximum absolute atomic E-state index is 10.9. The van der Waals surface area contributed by atoms with Gasteiger partial charge < -0.3 is 5.11 Å². The van der Waals surface area contributed by atoms with Crippen LogP contribution in [0.5, 0.6) is 0 Å². The Morgan fingerprint density at radius 3 is 2.73 bits per heavy atom. The van der Waals surface area contributed by atoms with E-state index in [0.29, 0.717) is 29.9 Å². The molecule has 1 N–H and O–H groups in total. The zero-order chi connectivity index (χ0) is 11.4. The summed E-state index contributed by atoms with van der Waals surface area (Å²) in [6.45, 7) is 4.14. The van der Waals surface area contributed by atoms with Crippen LogP contribution in [-0.2, 0) is 6.54 Å². The van der Waals surface area contributed by atoms with E-state index in [4.69, 9.17) is 11.5 Å². The number of carboxylic acids is 1. The third kappa shape index (κ3) is 2.38. The average Bonchev–Trinajstić information content (AvgIpc) is 2.42. The number of aromatic nitrogens is 2. The highest BCUT2D eigenvalue weighted by Crippen LogP contribution is 2.13. The fraction of sp³-hybridized carbons (Fsp3) is 0.455. The van der Waals surface area contributed by atoms with Crippen LogP contribution in [0.25, 0.3) is 0 Å². The molecule has 0 amide bonds. The molecule has 4 heteroatoms. The topological polar surface area (TPSA) is 55.1 Å². The maximum Gasteiger partial charge on any atom is 0.339 e. The van der Waals surface area contributed by atoms with Gasteiger partial charge in [-0.1, -0.05) is 0 Å². The number of unbranched alkanes of at least 4 members (excludes halogenated alkanes) is 1. The van der Waals surface area contributed by atoms with Crippen LogP contribution in [0.15, 0.2) is 0 Å². The molecule has 4 nitrogen and oxygen atoms in total. The lowest BCUT2D eigenvalue weighted by Gasteiger charge is -2.01. The fourth-order valence-electron chi connectivity index (χ4n) is 1.56. The van der Waals surface area contributed by atoms with Crippen molar-refractivity contribution < 1.29 is 9.90 Å². The van der Waals surface area contributed by atoms with Crippen molar-refractivity contribution in [2.45, 2.75) is 33.2 Å². The number of aryl methyl sites for hydroxylation is 2. The Bertz CT molecular complexity index is 413. The first-order valence-electron chi connectivity index (χ1n) is 4.78. The number of rotatable bonds is 4. The largest absolute Gasteiger partial charge is 0.478 e. The summed E-state index contributed by atoms with van der Waals surface area (Å²) in [5, 5.41) is 13.1. The van der Waals surface area contributed by atoms with E-state index < -0.39 is 5.97 Å². The van der Waals surface area contributed by atoms with Gasteiger partial charge in [0, 0.05) is 13.0 Å². The van der Waals surface area contributed by atoms with Gasteiger partial charge in [-0.3, -0.25) is 4.68 Å². The second kappa shape index (κ2) is 4.65. The van der Waals surface area contributed by atoms with Crippen molar-refractivity contribution >= 4 is 5.97 Å². The third-order valence-corrected chi connectivity index (χ3v) is 2.29. The van der Waals surface area contributed by atoms with Gasteiger partial charge in [-0.25, -0.2) is 4.79 Å². The first-order valence-corrected chi connectivity index (χ1v) is 4.78. The van der Waals surface area contributed by atoms with Gasteiger partial charge in [-0.15, -0.1) is 12.3 Å². The van der Waals surface area contributed by atoms with E-state index in [1.807, 2.05) is 0 Å². The zero-order valence-electron chi connectivity index (χ0n) is 8.95. The third-order valence-electron chi connectivity index (χ3n) is 2.29. The average molecular weight is 206 g/mol. The predicted octanol–water partition coefficient (Wildman–Crippen LogP) is 1.61. The SMILES string of the molecule is C#CCCCn1nc(C)c(C(=O)O)c1C. The van der Waals surface area contributed by atoms with Crippen molar-refractivity contribution in [1.29, 1.82) is 0 Å². The van der Waals surface area contributed by atoms with E-state index in [9.17, 15) is 4.79 Å². The molecule has 0 aliphatic rings. The first kappa shape index (κ1) is 11.3. The number of hydrogen-bond acceptors (Lipinski definition) is 2. The molecular weight excluding hydrogens is 192 g/mol. The molecule has 0 fully saturated rings. The maximum atomic E-state index is 10.9. The van der Waals surface area contributed by atoms with E-state index >= 15 is 0 Å². The van der Waals surface area contributed by atoms with E-state index in [-0.39, 0.29) is 0 Å². The summed E-state index contributed by atoms with van der Waals surface area (Å²) in [7, 11) is 0. The highest BCUT2D eigenvalue weighted by atomic mass is 16.4. The number of nitrogens with zero attached hydrogens (tertiary/aromatic N) is 2. The van der Waals surface area contributed by atoms with Crippen molar-refractivity contribution in [3.05, 3.63) is 17.0 Å². The first-order chi connectivity index (χ1) is 7.07. The molecule has 0 unspecified atom stereocenters. The summed E-state index contributed by atoms with van der Waals surface area (Å²) in [5.74, 6) is 1.62. The standard InChI is InChI=1S/C11H14N2O2/c1-4-5-6-7-13-9(3)10(11(14)15)8(2)12-13/h1H,5-7H2,2-3H3,(H,14,15). The highest BCUT2D eigenvalue weighted by Gasteiger charge is 2.16. The van der Waals surface area contributed by atoms with Crippen molar-refractivity contribution in [2.75, 3.05) is 0 Å². The monoisotopic (exact) mass is 206 g/mol. The molecule has 80 valence electrons. The minimum atomic E-state index is -0.923.